The zero-order valence-corrected chi connectivity index (χ0v) is 7.84. The molecule has 11 heavy (non-hydrogen) atoms. The van der Waals surface area contributed by atoms with Gasteiger partial charge in [-0.3, -0.25) is 0 Å². The highest BCUT2D eigenvalue weighted by Gasteiger charge is 2.39. The second kappa shape index (κ2) is 2.80. The summed E-state index contributed by atoms with van der Waals surface area (Å²) >= 11 is 0. The van der Waals surface area contributed by atoms with Crippen LogP contribution in [0.2, 0.25) is 0 Å². The molecule has 3 atom stereocenters. The largest absolute Gasteiger partial charge is 0.0625 e. The fraction of sp³-hybridized carbons (Fsp3) is 1.00. The summed E-state index contributed by atoms with van der Waals surface area (Å²) in [5.74, 6) is 4.31. The molecule has 64 valence electrons. The molecule has 0 aromatic carbocycles. The highest BCUT2D eigenvalue weighted by Crippen LogP contribution is 2.49. The average molecular weight is 152 g/mol. The Balaban J connectivity index is 2.03. The van der Waals surface area contributed by atoms with Crippen LogP contribution in [0.1, 0.15) is 46.0 Å². The predicted molar refractivity (Wildman–Crippen MR) is 48.4 cm³/mol. The lowest BCUT2D eigenvalue weighted by Gasteiger charge is -2.21. The van der Waals surface area contributed by atoms with E-state index in [2.05, 4.69) is 13.8 Å². The lowest BCUT2D eigenvalue weighted by atomic mass is 9.84. The van der Waals surface area contributed by atoms with E-state index < -0.39 is 0 Å². The molecule has 0 saturated heterocycles. The molecule has 0 bridgehead atoms. The van der Waals surface area contributed by atoms with Gasteiger partial charge < -0.3 is 0 Å². The number of hydrogen-bond donors (Lipinski definition) is 0. The van der Waals surface area contributed by atoms with Crippen LogP contribution in [0, 0.1) is 23.7 Å². The van der Waals surface area contributed by atoms with Gasteiger partial charge in [-0.2, -0.15) is 0 Å². The molecule has 0 heteroatoms. The fourth-order valence-electron chi connectivity index (χ4n) is 3.44. The van der Waals surface area contributed by atoms with Gasteiger partial charge >= 0.3 is 0 Å². The molecule has 0 aromatic heterocycles. The van der Waals surface area contributed by atoms with Crippen molar-refractivity contribution in [1.29, 1.82) is 0 Å². The number of fused-ring (bicyclic) bond motifs is 1. The van der Waals surface area contributed by atoms with Gasteiger partial charge in [0.25, 0.3) is 0 Å². The summed E-state index contributed by atoms with van der Waals surface area (Å²) in [6.07, 6.45) is 7.71. The van der Waals surface area contributed by atoms with Crippen molar-refractivity contribution < 1.29 is 0 Å². The van der Waals surface area contributed by atoms with Gasteiger partial charge in [-0.1, -0.05) is 26.7 Å². The minimum absolute atomic E-state index is 0.947. The van der Waals surface area contributed by atoms with Crippen LogP contribution in [0.25, 0.3) is 0 Å². The van der Waals surface area contributed by atoms with E-state index in [9.17, 15) is 0 Å². The lowest BCUT2D eigenvalue weighted by Crippen LogP contribution is -2.14. The molecule has 2 fully saturated rings. The van der Waals surface area contributed by atoms with Gasteiger partial charge in [-0.15, -0.1) is 0 Å². The number of rotatable bonds is 1. The first-order chi connectivity index (χ1) is 5.29. The van der Waals surface area contributed by atoms with Crippen molar-refractivity contribution in [3.63, 3.8) is 0 Å². The molecular formula is C11H20. The third kappa shape index (κ3) is 1.21. The minimum atomic E-state index is 0.947. The third-order valence-corrected chi connectivity index (χ3v) is 3.99. The van der Waals surface area contributed by atoms with E-state index in [0.717, 1.165) is 23.7 Å². The highest BCUT2D eigenvalue weighted by atomic mass is 14.4. The summed E-state index contributed by atoms with van der Waals surface area (Å²) < 4.78 is 0. The Kier molecular flexibility index (Phi) is 1.95. The Morgan fingerprint density at radius 3 is 2.55 bits per heavy atom. The highest BCUT2D eigenvalue weighted by molar-refractivity contribution is 4.90. The molecule has 0 aliphatic heterocycles. The molecule has 2 saturated carbocycles. The minimum Gasteiger partial charge on any atom is -0.0625 e. The van der Waals surface area contributed by atoms with Crippen LogP contribution in [0.3, 0.4) is 0 Å². The normalized spacial score (nSPS) is 43.4. The van der Waals surface area contributed by atoms with Gasteiger partial charge in [0.1, 0.15) is 0 Å². The average Bonchev–Trinajstić information content (AvgIpc) is 2.41. The Morgan fingerprint density at radius 2 is 1.82 bits per heavy atom. The Hall–Kier alpha value is 0. The van der Waals surface area contributed by atoms with Crippen molar-refractivity contribution in [2.24, 2.45) is 23.7 Å². The molecule has 2 aliphatic carbocycles. The van der Waals surface area contributed by atoms with E-state index in [1.165, 1.54) is 12.8 Å². The summed E-state index contributed by atoms with van der Waals surface area (Å²) in [6, 6.07) is 0. The zero-order valence-electron chi connectivity index (χ0n) is 7.84. The first-order valence-electron chi connectivity index (χ1n) is 5.29. The maximum absolute atomic E-state index is 2.41. The molecular weight excluding hydrogens is 132 g/mol. The van der Waals surface area contributed by atoms with Crippen LogP contribution in [0.4, 0.5) is 0 Å². The van der Waals surface area contributed by atoms with Gasteiger partial charge in [-0.25, -0.2) is 0 Å². The first-order valence-corrected chi connectivity index (χ1v) is 5.29. The molecule has 0 nitrogen and oxygen atoms in total. The Labute approximate surface area is 70.4 Å². The van der Waals surface area contributed by atoms with Gasteiger partial charge in [0, 0.05) is 0 Å². The van der Waals surface area contributed by atoms with Crippen molar-refractivity contribution in [2.75, 3.05) is 0 Å². The molecule has 2 aliphatic rings. The molecule has 2 rings (SSSR count). The summed E-state index contributed by atoms with van der Waals surface area (Å²) in [7, 11) is 0. The van der Waals surface area contributed by atoms with E-state index >= 15 is 0 Å². The van der Waals surface area contributed by atoms with Gasteiger partial charge in [0.2, 0.25) is 0 Å². The summed E-state index contributed by atoms with van der Waals surface area (Å²) in [4.78, 5) is 0. The monoisotopic (exact) mass is 152 g/mol. The van der Waals surface area contributed by atoms with Crippen molar-refractivity contribution in [2.45, 2.75) is 46.0 Å². The zero-order chi connectivity index (χ0) is 7.84. The van der Waals surface area contributed by atoms with Gasteiger partial charge in [0.05, 0.1) is 0 Å². The van der Waals surface area contributed by atoms with E-state index in [4.69, 9.17) is 0 Å². The second-order valence-corrected chi connectivity index (χ2v) is 4.84. The van der Waals surface area contributed by atoms with E-state index in [1.807, 2.05) is 0 Å². The maximum Gasteiger partial charge on any atom is -0.0355 e. The van der Waals surface area contributed by atoms with Crippen molar-refractivity contribution >= 4 is 0 Å². The smallest absolute Gasteiger partial charge is 0.0355 e. The first kappa shape index (κ1) is 7.64. The molecule has 1 unspecified atom stereocenters. The molecule has 0 aromatic rings. The lowest BCUT2D eigenvalue weighted by molar-refractivity contribution is 0.276. The molecule has 0 amide bonds. The van der Waals surface area contributed by atoms with E-state index in [-0.39, 0.29) is 0 Å². The van der Waals surface area contributed by atoms with E-state index in [0.29, 0.717) is 0 Å². The topological polar surface area (TPSA) is 0 Å². The van der Waals surface area contributed by atoms with Crippen LogP contribution >= 0.6 is 0 Å². The van der Waals surface area contributed by atoms with Crippen LogP contribution < -0.4 is 0 Å². The Bertz CT molecular complexity index is 137. The summed E-state index contributed by atoms with van der Waals surface area (Å²) in [5.41, 5.74) is 0. The van der Waals surface area contributed by atoms with Crippen LogP contribution in [0.15, 0.2) is 0 Å². The SMILES string of the molecule is CC(C)[C@@H]1CCC2CCC[C@@H]21. The quantitative estimate of drug-likeness (QED) is 0.539. The molecule has 0 spiro atoms. The van der Waals surface area contributed by atoms with E-state index in [1.54, 1.807) is 19.3 Å². The van der Waals surface area contributed by atoms with Gasteiger partial charge in [0.15, 0.2) is 0 Å². The summed E-state index contributed by atoms with van der Waals surface area (Å²) in [5, 5.41) is 0. The summed E-state index contributed by atoms with van der Waals surface area (Å²) in [6.45, 7) is 4.82. The Morgan fingerprint density at radius 1 is 1.00 bits per heavy atom. The van der Waals surface area contributed by atoms with Crippen LogP contribution in [-0.2, 0) is 0 Å². The molecule has 0 N–H and O–H groups in total. The van der Waals surface area contributed by atoms with Crippen molar-refractivity contribution in [1.82, 2.24) is 0 Å². The van der Waals surface area contributed by atoms with Crippen molar-refractivity contribution in [3.05, 3.63) is 0 Å². The van der Waals surface area contributed by atoms with Crippen LogP contribution in [-0.4, -0.2) is 0 Å². The molecule has 0 heterocycles. The second-order valence-electron chi connectivity index (χ2n) is 4.84. The molecule has 0 radical (unpaired) electrons. The number of hydrogen-bond acceptors (Lipinski definition) is 0. The fourth-order valence-corrected chi connectivity index (χ4v) is 3.44. The predicted octanol–water partition coefficient (Wildman–Crippen LogP) is 3.47. The standard InChI is InChI=1S/C11H20/c1-8(2)10-7-6-9-4-3-5-11(9)10/h8-11H,3-7H2,1-2H3/t9?,10-,11-/m0/s1. The third-order valence-electron chi connectivity index (χ3n) is 3.99. The maximum atomic E-state index is 2.41. The van der Waals surface area contributed by atoms with Gasteiger partial charge in [-0.05, 0) is 42.9 Å². The van der Waals surface area contributed by atoms with Crippen molar-refractivity contribution in [3.8, 4) is 0 Å². The van der Waals surface area contributed by atoms with Crippen LogP contribution in [0.5, 0.6) is 0 Å².